The van der Waals surface area contributed by atoms with Crippen LogP contribution in [0.4, 0.5) is 10.1 Å². The molecule has 0 aromatic heterocycles. The molecule has 2 rings (SSSR count). The van der Waals surface area contributed by atoms with Crippen LogP contribution in [0.1, 0.15) is 18.4 Å². The average Bonchev–Trinajstić information content (AvgIpc) is 2.36. The van der Waals surface area contributed by atoms with Crippen molar-refractivity contribution in [3.05, 3.63) is 39.7 Å². The van der Waals surface area contributed by atoms with Crippen LogP contribution in [0.5, 0.6) is 0 Å². The Hall–Kier alpha value is -2.02. The van der Waals surface area contributed by atoms with Gasteiger partial charge >= 0.3 is 0 Å². The number of nitro groups is 1. The summed E-state index contributed by atoms with van der Waals surface area (Å²) in [6.07, 6.45) is 0.681. The molecule has 0 aliphatic carbocycles. The summed E-state index contributed by atoms with van der Waals surface area (Å²) in [7, 11) is 0. The highest BCUT2D eigenvalue weighted by Gasteiger charge is 2.28. The predicted molar refractivity (Wildman–Crippen MR) is 68.6 cm³/mol. The third-order valence-electron chi connectivity index (χ3n) is 3.30. The van der Waals surface area contributed by atoms with E-state index in [-0.39, 0.29) is 18.0 Å². The number of hydrogen-bond acceptors (Lipinski definition) is 4. The van der Waals surface area contributed by atoms with Crippen LogP contribution in [0.15, 0.2) is 18.2 Å². The number of nitrogens with zero attached hydrogens (tertiary/aromatic N) is 2. The summed E-state index contributed by atoms with van der Waals surface area (Å²) in [6, 6.07) is 3.53. The molecule has 1 N–H and O–H groups in total. The molecule has 0 bridgehead atoms. The summed E-state index contributed by atoms with van der Waals surface area (Å²) in [5.74, 6) is -0.677. The summed E-state index contributed by atoms with van der Waals surface area (Å²) in [5.41, 5.74) is 0.0870. The van der Waals surface area contributed by atoms with Gasteiger partial charge in [-0.1, -0.05) is 0 Å². The minimum absolute atomic E-state index is 0.0578. The first kappa shape index (κ1) is 14.4. The van der Waals surface area contributed by atoms with Gasteiger partial charge in [-0.3, -0.25) is 14.9 Å². The number of aliphatic hydroxyl groups is 1. The van der Waals surface area contributed by atoms with Gasteiger partial charge in [-0.25, -0.2) is 4.39 Å². The van der Waals surface area contributed by atoms with Crippen molar-refractivity contribution in [1.82, 2.24) is 4.90 Å². The Morgan fingerprint density at radius 1 is 1.50 bits per heavy atom. The summed E-state index contributed by atoms with van der Waals surface area (Å²) in [6.45, 7) is 0.732. The Bertz CT molecular complexity index is 529. The van der Waals surface area contributed by atoms with Crippen molar-refractivity contribution in [3.8, 4) is 0 Å². The van der Waals surface area contributed by atoms with Crippen molar-refractivity contribution >= 4 is 11.6 Å². The van der Waals surface area contributed by atoms with Crippen molar-refractivity contribution in [1.29, 1.82) is 0 Å². The number of amides is 1. The van der Waals surface area contributed by atoms with Gasteiger partial charge in [0.1, 0.15) is 5.82 Å². The summed E-state index contributed by atoms with van der Waals surface area (Å²) < 4.78 is 13.6. The maximum absolute atomic E-state index is 13.6. The van der Waals surface area contributed by atoms with Gasteiger partial charge < -0.3 is 10.0 Å². The second kappa shape index (κ2) is 5.96. The lowest BCUT2D eigenvalue weighted by atomic mass is 10.1. The fourth-order valence-electron chi connectivity index (χ4n) is 2.10. The maximum Gasteiger partial charge on any atom is 0.272 e. The summed E-state index contributed by atoms with van der Waals surface area (Å²) in [5, 5.41) is 19.6. The van der Waals surface area contributed by atoms with E-state index in [4.69, 9.17) is 5.11 Å². The van der Waals surface area contributed by atoms with E-state index in [0.29, 0.717) is 31.5 Å². The van der Waals surface area contributed by atoms with E-state index >= 15 is 0 Å². The van der Waals surface area contributed by atoms with E-state index in [0.717, 1.165) is 6.07 Å². The topological polar surface area (TPSA) is 83.7 Å². The Balaban J connectivity index is 1.82. The number of halogens is 1. The lowest BCUT2D eigenvalue weighted by molar-refractivity contribution is -0.385. The Morgan fingerprint density at radius 3 is 2.75 bits per heavy atom. The van der Waals surface area contributed by atoms with Crippen molar-refractivity contribution in [2.75, 3.05) is 13.1 Å². The molecule has 1 amide bonds. The molecule has 0 radical (unpaired) electrons. The number of nitro benzene ring substituents is 1. The first-order chi connectivity index (χ1) is 9.47. The smallest absolute Gasteiger partial charge is 0.272 e. The quantitative estimate of drug-likeness (QED) is 0.651. The fraction of sp³-hybridized carbons (Fsp3) is 0.462. The minimum atomic E-state index is -0.647. The molecular formula is C13H15FN2O4. The number of non-ortho nitro benzene ring substituents is 1. The van der Waals surface area contributed by atoms with Gasteiger partial charge in [0.05, 0.1) is 17.1 Å². The number of rotatable bonds is 5. The molecule has 0 atom stereocenters. The van der Waals surface area contributed by atoms with Crippen LogP contribution in [0.25, 0.3) is 0 Å². The van der Waals surface area contributed by atoms with E-state index < -0.39 is 16.8 Å². The van der Waals surface area contributed by atoms with Gasteiger partial charge in [-0.05, 0) is 24.5 Å². The van der Waals surface area contributed by atoms with Crippen LogP contribution in [0.2, 0.25) is 0 Å². The number of benzene rings is 1. The summed E-state index contributed by atoms with van der Waals surface area (Å²) in [4.78, 5) is 23.0. The number of carbonyl (C=O) groups is 1. The molecule has 1 aromatic rings. The van der Waals surface area contributed by atoms with E-state index in [1.807, 2.05) is 0 Å². The van der Waals surface area contributed by atoms with Crippen molar-refractivity contribution in [3.63, 3.8) is 0 Å². The monoisotopic (exact) mass is 282 g/mol. The number of aryl methyl sites for hydroxylation is 1. The highest BCUT2D eigenvalue weighted by molar-refractivity contribution is 5.77. The third-order valence-corrected chi connectivity index (χ3v) is 3.30. The molecule has 1 aromatic carbocycles. The number of likely N-dealkylation sites (tertiary alicyclic amines) is 1. The van der Waals surface area contributed by atoms with Crippen LogP contribution in [0, 0.1) is 15.9 Å². The van der Waals surface area contributed by atoms with Gasteiger partial charge in [-0.15, -0.1) is 0 Å². The number of aliphatic hydroxyl groups excluding tert-OH is 1. The first-order valence-electron chi connectivity index (χ1n) is 6.36. The molecule has 0 saturated carbocycles. The molecule has 20 heavy (non-hydrogen) atoms. The summed E-state index contributed by atoms with van der Waals surface area (Å²) >= 11 is 0. The van der Waals surface area contributed by atoms with Gasteiger partial charge in [-0.2, -0.15) is 0 Å². The lowest BCUT2D eigenvalue weighted by Crippen LogP contribution is -2.53. The van der Waals surface area contributed by atoms with Gasteiger partial charge in [0.25, 0.3) is 5.69 Å². The number of β-amino-alcohol motifs (C(OH)–C–C–N with tert-alkyl or cyclic N) is 1. The Morgan fingerprint density at radius 2 is 2.20 bits per heavy atom. The highest BCUT2D eigenvalue weighted by Crippen LogP contribution is 2.18. The van der Waals surface area contributed by atoms with Gasteiger partial charge in [0.2, 0.25) is 5.91 Å². The number of hydrogen-bond donors (Lipinski definition) is 1. The van der Waals surface area contributed by atoms with Gasteiger partial charge in [0, 0.05) is 25.6 Å². The molecule has 6 nitrogen and oxygen atoms in total. The minimum Gasteiger partial charge on any atom is -0.389 e. The van der Waals surface area contributed by atoms with E-state index in [2.05, 4.69) is 0 Å². The number of carbonyl (C=O) groups excluding carboxylic acids is 1. The van der Waals surface area contributed by atoms with Crippen LogP contribution in [-0.4, -0.2) is 40.0 Å². The van der Waals surface area contributed by atoms with Crippen molar-refractivity contribution in [2.24, 2.45) is 0 Å². The zero-order chi connectivity index (χ0) is 14.7. The van der Waals surface area contributed by atoms with Crippen molar-refractivity contribution in [2.45, 2.75) is 25.4 Å². The molecule has 0 spiro atoms. The molecule has 1 saturated heterocycles. The molecule has 108 valence electrons. The third kappa shape index (κ3) is 3.30. The second-order valence-electron chi connectivity index (χ2n) is 4.84. The molecule has 1 heterocycles. The van der Waals surface area contributed by atoms with Crippen LogP contribution in [0.3, 0.4) is 0 Å². The predicted octanol–water partition coefficient (Wildman–Crippen LogP) is 1.26. The maximum atomic E-state index is 13.6. The molecular weight excluding hydrogens is 267 g/mol. The molecule has 1 aliphatic rings. The first-order valence-corrected chi connectivity index (χ1v) is 6.36. The average molecular weight is 282 g/mol. The standard InChI is InChI=1S/C13H15FN2O4/c14-12-6-10(16(19)20)5-4-9(12)2-1-3-13(18)15-7-11(17)8-15/h4-6,11,17H,1-3,7-8H2. The van der Waals surface area contributed by atoms with Crippen LogP contribution < -0.4 is 0 Å². The zero-order valence-corrected chi connectivity index (χ0v) is 10.8. The molecule has 1 fully saturated rings. The lowest BCUT2D eigenvalue weighted by Gasteiger charge is -2.35. The molecule has 0 unspecified atom stereocenters. The Labute approximate surface area is 115 Å². The van der Waals surface area contributed by atoms with Crippen molar-refractivity contribution < 1.29 is 19.2 Å². The fourth-order valence-corrected chi connectivity index (χ4v) is 2.10. The van der Waals surface area contributed by atoms with Gasteiger partial charge in [0.15, 0.2) is 0 Å². The van der Waals surface area contributed by atoms with E-state index in [1.54, 1.807) is 4.90 Å². The normalized spacial score (nSPS) is 15.0. The second-order valence-corrected chi connectivity index (χ2v) is 4.84. The highest BCUT2D eigenvalue weighted by atomic mass is 19.1. The SMILES string of the molecule is O=C(CCCc1ccc([N+](=O)[O-])cc1F)N1CC(O)C1. The van der Waals surface area contributed by atoms with Crippen LogP contribution in [-0.2, 0) is 11.2 Å². The molecule has 7 heteroatoms. The Kier molecular flexibility index (Phi) is 4.29. The zero-order valence-electron chi connectivity index (χ0n) is 10.8. The van der Waals surface area contributed by atoms with Crippen LogP contribution >= 0.6 is 0 Å². The largest absolute Gasteiger partial charge is 0.389 e. The molecule has 1 aliphatic heterocycles. The van der Waals surface area contributed by atoms with E-state index in [9.17, 15) is 19.3 Å². The van der Waals surface area contributed by atoms with E-state index in [1.165, 1.54) is 12.1 Å².